The summed E-state index contributed by atoms with van der Waals surface area (Å²) in [7, 11) is 0. The van der Waals surface area contributed by atoms with Gasteiger partial charge in [-0.1, -0.05) is 12.1 Å². The van der Waals surface area contributed by atoms with E-state index in [0.717, 1.165) is 0 Å². The molecule has 2 nitrogen and oxygen atoms in total. The fourth-order valence-electron chi connectivity index (χ4n) is 1.41. The van der Waals surface area contributed by atoms with Crippen molar-refractivity contribution in [2.45, 2.75) is 13.5 Å². The van der Waals surface area contributed by atoms with Gasteiger partial charge in [0.15, 0.2) is 5.22 Å². The summed E-state index contributed by atoms with van der Waals surface area (Å²) in [4.78, 5) is 0. The summed E-state index contributed by atoms with van der Waals surface area (Å²) < 4.78 is 18.7. The summed E-state index contributed by atoms with van der Waals surface area (Å²) in [5.41, 5.74) is 1.08. The van der Waals surface area contributed by atoms with E-state index in [-0.39, 0.29) is 5.82 Å². The normalized spacial score (nSPS) is 10.4. The zero-order valence-electron chi connectivity index (χ0n) is 8.76. The fourth-order valence-corrected chi connectivity index (χ4v) is 1.58. The number of rotatable bonds is 3. The van der Waals surface area contributed by atoms with Gasteiger partial charge >= 0.3 is 0 Å². The summed E-state index contributed by atoms with van der Waals surface area (Å²) in [5.74, 6) is 0.436. The number of halogens is 2. The van der Waals surface area contributed by atoms with Crippen LogP contribution in [0.15, 0.2) is 34.7 Å². The molecule has 1 aromatic heterocycles. The monoisotopic (exact) mass is 239 g/mol. The minimum Gasteiger partial charge on any atom is -0.448 e. The highest BCUT2D eigenvalue weighted by Gasteiger charge is 2.05. The van der Waals surface area contributed by atoms with Crippen LogP contribution in [0.1, 0.15) is 11.3 Å². The number of hydrogen-bond donors (Lipinski definition) is 1. The lowest BCUT2D eigenvalue weighted by atomic mass is 10.2. The molecule has 0 radical (unpaired) electrons. The molecule has 0 aliphatic heterocycles. The molecule has 1 N–H and O–H groups in total. The van der Waals surface area contributed by atoms with Crippen molar-refractivity contribution in [2.75, 3.05) is 5.32 Å². The Morgan fingerprint density at radius 1 is 1.31 bits per heavy atom. The molecule has 0 aliphatic carbocycles. The molecule has 0 amide bonds. The predicted molar refractivity (Wildman–Crippen MR) is 62.2 cm³/mol. The summed E-state index contributed by atoms with van der Waals surface area (Å²) in [6.07, 6.45) is 0. The molecule has 0 unspecified atom stereocenters. The van der Waals surface area contributed by atoms with Crippen LogP contribution in [0.3, 0.4) is 0 Å². The standard InChI is InChI=1S/C12H11ClFNO/c1-8-3-2-4-10(12(8)14)15-7-9-5-6-11(13)16-9/h2-6,15H,7H2,1H3. The van der Waals surface area contributed by atoms with Crippen LogP contribution < -0.4 is 5.32 Å². The van der Waals surface area contributed by atoms with Crippen molar-refractivity contribution >= 4 is 17.3 Å². The van der Waals surface area contributed by atoms with Crippen molar-refractivity contribution < 1.29 is 8.81 Å². The third-order valence-electron chi connectivity index (χ3n) is 2.27. The van der Waals surface area contributed by atoms with Gasteiger partial charge in [0.1, 0.15) is 11.6 Å². The lowest BCUT2D eigenvalue weighted by molar-refractivity contribution is 0.519. The van der Waals surface area contributed by atoms with E-state index < -0.39 is 0 Å². The van der Waals surface area contributed by atoms with Crippen molar-refractivity contribution in [3.05, 3.63) is 52.7 Å². The SMILES string of the molecule is Cc1cccc(NCc2ccc(Cl)o2)c1F. The van der Waals surface area contributed by atoms with Crippen LogP contribution in [0.25, 0.3) is 0 Å². The molecule has 1 aromatic carbocycles. The lowest BCUT2D eigenvalue weighted by Gasteiger charge is -2.07. The molecule has 84 valence electrons. The molecule has 0 saturated carbocycles. The number of nitrogens with one attached hydrogen (secondary N) is 1. The molecule has 2 rings (SSSR count). The van der Waals surface area contributed by atoms with E-state index in [1.54, 1.807) is 37.3 Å². The average molecular weight is 240 g/mol. The molecule has 0 atom stereocenters. The predicted octanol–water partition coefficient (Wildman–Crippen LogP) is 3.99. The molecular weight excluding hydrogens is 229 g/mol. The molecule has 2 aromatic rings. The van der Waals surface area contributed by atoms with E-state index in [0.29, 0.717) is 28.8 Å². The van der Waals surface area contributed by atoms with Gasteiger partial charge in [-0.15, -0.1) is 0 Å². The van der Waals surface area contributed by atoms with Crippen LogP contribution in [0.4, 0.5) is 10.1 Å². The first kappa shape index (κ1) is 11.0. The highest BCUT2D eigenvalue weighted by atomic mass is 35.5. The van der Waals surface area contributed by atoms with Crippen LogP contribution in [0.2, 0.25) is 5.22 Å². The van der Waals surface area contributed by atoms with E-state index in [9.17, 15) is 4.39 Å². The van der Waals surface area contributed by atoms with Crippen LogP contribution in [0, 0.1) is 12.7 Å². The Hall–Kier alpha value is -1.48. The van der Waals surface area contributed by atoms with E-state index in [4.69, 9.17) is 16.0 Å². The molecule has 4 heteroatoms. The van der Waals surface area contributed by atoms with Gasteiger partial charge in [0, 0.05) is 0 Å². The first-order valence-corrected chi connectivity index (χ1v) is 5.28. The fraction of sp³-hybridized carbons (Fsp3) is 0.167. The summed E-state index contributed by atoms with van der Waals surface area (Å²) in [6.45, 7) is 2.14. The van der Waals surface area contributed by atoms with Crippen molar-refractivity contribution in [3.8, 4) is 0 Å². The number of benzene rings is 1. The largest absolute Gasteiger partial charge is 0.448 e. The number of hydrogen-bond acceptors (Lipinski definition) is 2. The molecule has 16 heavy (non-hydrogen) atoms. The van der Waals surface area contributed by atoms with Crippen molar-refractivity contribution in [3.63, 3.8) is 0 Å². The minimum absolute atomic E-state index is 0.236. The Balaban J connectivity index is 2.07. The zero-order chi connectivity index (χ0) is 11.5. The second-order valence-electron chi connectivity index (χ2n) is 3.50. The van der Waals surface area contributed by atoms with Gasteiger partial charge in [-0.2, -0.15) is 0 Å². The van der Waals surface area contributed by atoms with Gasteiger partial charge in [0.05, 0.1) is 12.2 Å². The third-order valence-corrected chi connectivity index (χ3v) is 2.48. The van der Waals surface area contributed by atoms with Gasteiger partial charge in [-0.25, -0.2) is 4.39 Å². The van der Waals surface area contributed by atoms with Gasteiger partial charge < -0.3 is 9.73 Å². The van der Waals surface area contributed by atoms with Gasteiger partial charge in [-0.3, -0.25) is 0 Å². The second kappa shape index (κ2) is 4.58. The first-order valence-electron chi connectivity index (χ1n) is 4.90. The van der Waals surface area contributed by atoms with E-state index in [2.05, 4.69) is 5.32 Å². The molecule has 1 heterocycles. The van der Waals surface area contributed by atoms with Gasteiger partial charge in [0.2, 0.25) is 0 Å². The van der Waals surface area contributed by atoms with E-state index in [1.165, 1.54) is 0 Å². The van der Waals surface area contributed by atoms with Gasteiger partial charge in [0.25, 0.3) is 0 Å². The Labute approximate surface area is 98.0 Å². The molecule has 0 spiro atoms. The van der Waals surface area contributed by atoms with Crippen molar-refractivity contribution in [1.82, 2.24) is 0 Å². The Morgan fingerprint density at radius 3 is 2.81 bits per heavy atom. The van der Waals surface area contributed by atoms with Crippen LogP contribution >= 0.6 is 11.6 Å². The first-order chi connectivity index (χ1) is 7.66. The highest BCUT2D eigenvalue weighted by Crippen LogP contribution is 2.19. The van der Waals surface area contributed by atoms with Gasteiger partial charge in [-0.05, 0) is 42.3 Å². The zero-order valence-corrected chi connectivity index (χ0v) is 9.51. The summed E-state index contributed by atoms with van der Waals surface area (Å²) in [6, 6.07) is 8.63. The van der Waals surface area contributed by atoms with Crippen LogP contribution in [-0.2, 0) is 6.54 Å². The minimum atomic E-state index is -0.236. The third kappa shape index (κ3) is 2.36. The quantitative estimate of drug-likeness (QED) is 0.876. The Bertz CT molecular complexity index is 496. The second-order valence-corrected chi connectivity index (χ2v) is 3.87. The maximum atomic E-state index is 13.6. The molecule has 0 fully saturated rings. The number of furan rings is 1. The van der Waals surface area contributed by atoms with Crippen molar-refractivity contribution in [1.29, 1.82) is 0 Å². The summed E-state index contributed by atoms with van der Waals surface area (Å²) >= 11 is 5.63. The molecule has 0 bridgehead atoms. The molecular formula is C12H11ClFNO. The van der Waals surface area contributed by atoms with Crippen LogP contribution in [0.5, 0.6) is 0 Å². The Kier molecular flexibility index (Phi) is 3.15. The Morgan fingerprint density at radius 2 is 2.12 bits per heavy atom. The van der Waals surface area contributed by atoms with Crippen LogP contribution in [-0.4, -0.2) is 0 Å². The highest BCUT2D eigenvalue weighted by molar-refractivity contribution is 6.28. The number of anilines is 1. The smallest absolute Gasteiger partial charge is 0.193 e. The van der Waals surface area contributed by atoms with E-state index >= 15 is 0 Å². The summed E-state index contributed by atoms with van der Waals surface area (Å²) in [5, 5.41) is 3.29. The number of aryl methyl sites for hydroxylation is 1. The van der Waals surface area contributed by atoms with Crippen molar-refractivity contribution in [2.24, 2.45) is 0 Å². The topological polar surface area (TPSA) is 25.2 Å². The lowest BCUT2D eigenvalue weighted by Crippen LogP contribution is -2.01. The average Bonchev–Trinajstić information content (AvgIpc) is 2.67. The molecule has 0 aliphatic rings. The molecule has 0 saturated heterocycles. The maximum Gasteiger partial charge on any atom is 0.193 e. The maximum absolute atomic E-state index is 13.6. The van der Waals surface area contributed by atoms with E-state index in [1.807, 2.05) is 0 Å².